The highest BCUT2D eigenvalue weighted by molar-refractivity contribution is 5.14. The van der Waals surface area contributed by atoms with Crippen molar-refractivity contribution in [2.24, 2.45) is 0 Å². The van der Waals surface area contributed by atoms with Gasteiger partial charge in [0.15, 0.2) is 0 Å². The maximum absolute atomic E-state index is 5.64. The third-order valence-corrected chi connectivity index (χ3v) is 3.05. The Balaban J connectivity index is 1.75. The molecule has 0 radical (unpaired) electrons. The minimum atomic E-state index is -0.118. The van der Waals surface area contributed by atoms with E-state index in [0.717, 1.165) is 26.1 Å². The molecule has 18 heavy (non-hydrogen) atoms. The fourth-order valence-corrected chi connectivity index (χ4v) is 2.17. The van der Waals surface area contributed by atoms with Crippen LogP contribution in [-0.4, -0.2) is 29.6 Å². The molecule has 0 bridgehead atoms. The predicted octanol–water partition coefficient (Wildman–Crippen LogP) is 2.58. The summed E-state index contributed by atoms with van der Waals surface area (Å²) in [5.74, 6) is 0. The SMILES string of the molecule is CC(C)(C)ONC1CCN(Cc2ccccc2)C1. The van der Waals surface area contributed by atoms with Crippen molar-refractivity contribution in [3.8, 4) is 0 Å². The second-order valence-electron chi connectivity index (χ2n) is 6.04. The van der Waals surface area contributed by atoms with Crippen molar-refractivity contribution >= 4 is 0 Å². The van der Waals surface area contributed by atoms with E-state index in [1.807, 2.05) is 0 Å². The number of likely N-dealkylation sites (tertiary alicyclic amines) is 1. The summed E-state index contributed by atoms with van der Waals surface area (Å²) < 4.78 is 0. The number of hydrogen-bond acceptors (Lipinski definition) is 3. The van der Waals surface area contributed by atoms with Crippen molar-refractivity contribution in [1.82, 2.24) is 10.4 Å². The smallest absolute Gasteiger partial charge is 0.0813 e. The average molecular weight is 248 g/mol. The number of hydroxylamine groups is 1. The third kappa shape index (κ3) is 4.41. The molecule has 0 amide bonds. The summed E-state index contributed by atoms with van der Waals surface area (Å²) in [6, 6.07) is 11.1. The number of hydrogen-bond donors (Lipinski definition) is 1. The molecule has 2 rings (SSSR count). The Hall–Kier alpha value is -0.900. The molecular formula is C15H24N2O. The molecule has 1 aromatic rings. The maximum Gasteiger partial charge on any atom is 0.0813 e. The molecule has 3 heteroatoms. The first-order chi connectivity index (χ1) is 8.53. The van der Waals surface area contributed by atoms with Gasteiger partial charge in [-0.15, -0.1) is 0 Å². The van der Waals surface area contributed by atoms with E-state index in [4.69, 9.17) is 4.84 Å². The van der Waals surface area contributed by atoms with E-state index in [2.05, 4.69) is 61.5 Å². The molecule has 0 aliphatic carbocycles. The normalized spacial score (nSPS) is 21.4. The van der Waals surface area contributed by atoms with Crippen LogP contribution in [0.1, 0.15) is 32.8 Å². The van der Waals surface area contributed by atoms with Gasteiger partial charge in [0.1, 0.15) is 0 Å². The number of rotatable bonds is 4. The first-order valence-corrected chi connectivity index (χ1v) is 6.73. The van der Waals surface area contributed by atoms with E-state index in [1.54, 1.807) is 0 Å². The molecule has 100 valence electrons. The van der Waals surface area contributed by atoms with Crippen molar-refractivity contribution in [3.63, 3.8) is 0 Å². The number of benzene rings is 1. The van der Waals surface area contributed by atoms with Gasteiger partial charge in [0.25, 0.3) is 0 Å². The quantitative estimate of drug-likeness (QED) is 0.829. The average Bonchev–Trinajstić information content (AvgIpc) is 2.75. The van der Waals surface area contributed by atoms with Crippen molar-refractivity contribution in [2.45, 2.75) is 45.4 Å². The summed E-state index contributed by atoms with van der Waals surface area (Å²) >= 11 is 0. The lowest BCUT2D eigenvalue weighted by Crippen LogP contribution is -2.38. The molecule has 1 saturated heterocycles. The van der Waals surface area contributed by atoms with E-state index < -0.39 is 0 Å². The summed E-state index contributed by atoms with van der Waals surface area (Å²) in [5.41, 5.74) is 4.46. The zero-order chi connectivity index (χ0) is 13.0. The highest BCUT2D eigenvalue weighted by Crippen LogP contribution is 2.14. The van der Waals surface area contributed by atoms with Crippen molar-refractivity contribution < 1.29 is 4.84 Å². The molecule has 1 aliphatic heterocycles. The largest absolute Gasteiger partial charge is 0.297 e. The van der Waals surface area contributed by atoms with Crippen LogP contribution < -0.4 is 5.48 Å². The number of nitrogens with one attached hydrogen (secondary N) is 1. The number of nitrogens with zero attached hydrogens (tertiary/aromatic N) is 1. The first-order valence-electron chi connectivity index (χ1n) is 6.73. The molecular weight excluding hydrogens is 224 g/mol. The lowest BCUT2D eigenvalue weighted by molar-refractivity contribution is -0.0867. The van der Waals surface area contributed by atoms with Gasteiger partial charge in [-0.25, -0.2) is 0 Å². The second kappa shape index (κ2) is 5.83. The van der Waals surface area contributed by atoms with E-state index in [9.17, 15) is 0 Å². The Morgan fingerprint density at radius 2 is 2.00 bits per heavy atom. The summed E-state index contributed by atoms with van der Waals surface area (Å²) in [7, 11) is 0. The van der Waals surface area contributed by atoms with Crippen LogP contribution in [0.4, 0.5) is 0 Å². The predicted molar refractivity (Wildman–Crippen MR) is 74.1 cm³/mol. The zero-order valence-corrected chi connectivity index (χ0v) is 11.6. The molecule has 1 fully saturated rings. The maximum atomic E-state index is 5.64. The van der Waals surface area contributed by atoms with Crippen LogP contribution in [0.5, 0.6) is 0 Å². The third-order valence-electron chi connectivity index (χ3n) is 3.05. The van der Waals surface area contributed by atoms with Crippen LogP contribution in [0, 0.1) is 0 Å². The standard InChI is InChI=1S/C15H24N2O/c1-15(2,3)18-16-14-9-10-17(12-14)11-13-7-5-4-6-8-13/h4-8,14,16H,9-12H2,1-3H3. The van der Waals surface area contributed by atoms with Gasteiger partial charge < -0.3 is 0 Å². The van der Waals surface area contributed by atoms with Gasteiger partial charge in [-0.3, -0.25) is 9.74 Å². The highest BCUT2D eigenvalue weighted by Gasteiger charge is 2.24. The van der Waals surface area contributed by atoms with E-state index in [-0.39, 0.29) is 5.60 Å². The topological polar surface area (TPSA) is 24.5 Å². The van der Waals surface area contributed by atoms with Gasteiger partial charge in [-0.2, -0.15) is 5.48 Å². The van der Waals surface area contributed by atoms with Crippen LogP contribution >= 0.6 is 0 Å². The minimum absolute atomic E-state index is 0.118. The molecule has 1 heterocycles. The molecule has 1 N–H and O–H groups in total. The Bertz CT molecular complexity index is 359. The Morgan fingerprint density at radius 3 is 2.67 bits per heavy atom. The molecule has 1 aromatic carbocycles. The molecule has 1 atom stereocenters. The van der Waals surface area contributed by atoms with Crippen LogP contribution in [0.25, 0.3) is 0 Å². The van der Waals surface area contributed by atoms with Crippen LogP contribution in [0.2, 0.25) is 0 Å². The molecule has 1 unspecified atom stereocenters. The monoisotopic (exact) mass is 248 g/mol. The van der Waals surface area contributed by atoms with Gasteiger partial charge in [-0.05, 0) is 32.8 Å². The lowest BCUT2D eigenvalue weighted by atomic mass is 10.2. The minimum Gasteiger partial charge on any atom is -0.297 e. The zero-order valence-electron chi connectivity index (χ0n) is 11.6. The Kier molecular flexibility index (Phi) is 4.38. The van der Waals surface area contributed by atoms with Crippen molar-refractivity contribution in [2.75, 3.05) is 13.1 Å². The van der Waals surface area contributed by atoms with Crippen LogP contribution in [0.15, 0.2) is 30.3 Å². The van der Waals surface area contributed by atoms with Gasteiger partial charge in [0.05, 0.1) is 5.60 Å². The Labute approximate surface area is 110 Å². The van der Waals surface area contributed by atoms with Crippen LogP contribution in [-0.2, 0) is 11.4 Å². The second-order valence-corrected chi connectivity index (χ2v) is 6.04. The summed E-state index contributed by atoms with van der Waals surface area (Å²) in [6.45, 7) is 9.43. The van der Waals surface area contributed by atoms with E-state index >= 15 is 0 Å². The van der Waals surface area contributed by atoms with E-state index in [0.29, 0.717) is 6.04 Å². The van der Waals surface area contributed by atoms with Crippen LogP contribution in [0.3, 0.4) is 0 Å². The molecule has 0 spiro atoms. The van der Waals surface area contributed by atoms with Crippen molar-refractivity contribution in [1.29, 1.82) is 0 Å². The fourth-order valence-electron chi connectivity index (χ4n) is 2.17. The fraction of sp³-hybridized carbons (Fsp3) is 0.600. The summed E-state index contributed by atoms with van der Waals surface area (Å²) in [6.07, 6.45) is 1.16. The van der Waals surface area contributed by atoms with Gasteiger partial charge >= 0.3 is 0 Å². The van der Waals surface area contributed by atoms with Crippen molar-refractivity contribution in [3.05, 3.63) is 35.9 Å². The van der Waals surface area contributed by atoms with Gasteiger partial charge in [-0.1, -0.05) is 30.3 Å². The van der Waals surface area contributed by atoms with Gasteiger partial charge in [0.2, 0.25) is 0 Å². The first kappa shape index (κ1) is 13.5. The van der Waals surface area contributed by atoms with E-state index in [1.165, 1.54) is 5.56 Å². The van der Waals surface area contributed by atoms with Gasteiger partial charge in [0, 0.05) is 25.7 Å². The summed E-state index contributed by atoms with van der Waals surface area (Å²) in [4.78, 5) is 8.11. The highest BCUT2D eigenvalue weighted by atomic mass is 16.7. The lowest BCUT2D eigenvalue weighted by Gasteiger charge is -2.23. The molecule has 0 saturated carbocycles. The molecule has 0 aromatic heterocycles. The summed E-state index contributed by atoms with van der Waals surface area (Å²) in [5, 5.41) is 0. The Morgan fingerprint density at radius 1 is 1.28 bits per heavy atom. The molecule has 1 aliphatic rings. The molecule has 3 nitrogen and oxygen atoms in total.